The zero-order valence-electron chi connectivity index (χ0n) is 10.8. The van der Waals surface area contributed by atoms with Crippen molar-refractivity contribution in [3.8, 4) is 0 Å². The Bertz CT molecular complexity index is 325. The second-order valence-electron chi connectivity index (χ2n) is 5.02. The van der Waals surface area contributed by atoms with Gasteiger partial charge in [0.2, 0.25) is 0 Å². The Morgan fingerprint density at radius 1 is 1.65 bits per heavy atom. The van der Waals surface area contributed by atoms with Crippen LogP contribution < -0.4 is 5.73 Å². The maximum absolute atomic E-state index is 5.94. The van der Waals surface area contributed by atoms with Gasteiger partial charge in [-0.25, -0.2) is 4.98 Å². The first kappa shape index (κ1) is 13.0. The molecule has 2 rings (SSSR count). The Morgan fingerprint density at radius 3 is 3.06 bits per heavy atom. The van der Waals surface area contributed by atoms with Crippen molar-refractivity contribution in [3.63, 3.8) is 0 Å². The van der Waals surface area contributed by atoms with Gasteiger partial charge in [0.15, 0.2) is 0 Å². The maximum Gasteiger partial charge on any atom is 0.0795 e. The van der Waals surface area contributed by atoms with Gasteiger partial charge >= 0.3 is 0 Å². The molecule has 2 N–H and O–H groups in total. The van der Waals surface area contributed by atoms with Crippen LogP contribution in [-0.4, -0.2) is 29.0 Å². The van der Waals surface area contributed by atoms with Crippen molar-refractivity contribution in [2.45, 2.75) is 45.2 Å². The number of likely N-dealkylation sites (tertiary alicyclic amines) is 1. The van der Waals surface area contributed by atoms with Crippen LogP contribution in [0.2, 0.25) is 0 Å². The molecule has 0 radical (unpaired) electrons. The van der Waals surface area contributed by atoms with Crippen LogP contribution in [0.1, 0.15) is 44.8 Å². The third kappa shape index (κ3) is 2.87. The van der Waals surface area contributed by atoms with Crippen LogP contribution in [0.3, 0.4) is 0 Å². The second-order valence-corrected chi connectivity index (χ2v) is 5.73. The first-order valence-corrected chi connectivity index (χ1v) is 7.54. The van der Waals surface area contributed by atoms with Gasteiger partial charge in [-0.1, -0.05) is 13.3 Å². The van der Waals surface area contributed by atoms with Gasteiger partial charge in [0.05, 0.1) is 17.2 Å². The van der Waals surface area contributed by atoms with Crippen molar-refractivity contribution in [2.24, 2.45) is 11.7 Å². The monoisotopic (exact) mass is 253 g/mol. The molecule has 0 spiro atoms. The highest BCUT2D eigenvalue weighted by molar-refractivity contribution is 7.07. The van der Waals surface area contributed by atoms with E-state index in [1.165, 1.54) is 31.5 Å². The predicted octanol–water partition coefficient (Wildman–Crippen LogP) is 2.65. The molecule has 0 bridgehead atoms. The summed E-state index contributed by atoms with van der Waals surface area (Å²) < 4.78 is 0. The van der Waals surface area contributed by atoms with Gasteiger partial charge in [0.1, 0.15) is 0 Å². The lowest BCUT2D eigenvalue weighted by Crippen LogP contribution is -2.47. The molecular weight excluding hydrogens is 230 g/mol. The number of piperidine rings is 1. The Kier molecular flexibility index (Phi) is 4.54. The Hall–Kier alpha value is -0.450. The highest BCUT2D eigenvalue weighted by Gasteiger charge is 2.30. The minimum absolute atomic E-state index is 0.410. The van der Waals surface area contributed by atoms with E-state index in [0.29, 0.717) is 12.1 Å². The summed E-state index contributed by atoms with van der Waals surface area (Å²) in [5.41, 5.74) is 9.06. The van der Waals surface area contributed by atoms with Crippen molar-refractivity contribution in [1.82, 2.24) is 9.88 Å². The average Bonchev–Trinajstić information content (AvgIpc) is 2.91. The molecule has 96 valence electrons. The molecule has 3 atom stereocenters. The van der Waals surface area contributed by atoms with Crippen LogP contribution in [0.5, 0.6) is 0 Å². The van der Waals surface area contributed by atoms with Crippen LogP contribution in [-0.2, 0) is 0 Å². The molecule has 1 aromatic heterocycles. The molecule has 1 saturated heterocycles. The van der Waals surface area contributed by atoms with Gasteiger partial charge in [-0.2, -0.15) is 0 Å². The molecule has 1 aliphatic heterocycles. The lowest BCUT2D eigenvalue weighted by atomic mass is 9.88. The fourth-order valence-electron chi connectivity index (χ4n) is 2.86. The summed E-state index contributed by atoms with van der Waals surface area (Å²) in [6, 6.07) is 0.943. The second kappa shape index (κ2) is 5.94. The molecule has 3 unspecified atom stereocenters. The van der Waals surface area contributed by atoms with Gasteiger partial charge in [0.25, 0.3) is 0 Å². The van der Waals surface area contributed by atoms with Crippen molar-refractivity contribution in [3.05, 3.63) is 16.6 Å². The molecule has 2 heterocycles. The molecule has 1 fully saturated rings. The minimum atomic E-state index is 0.410. The molecule has 0 aliphatic carbocycles. The van der Waals surface area contributed by atoms with E-state index in [4.69, 9.17) is 5.73 Å². The van der Waals surface area contributed by atoms with Gasteiger partial charge in [-0.3, -0.25) is 4.90 Å². The standard InChI is InChI=1S/C13H23N3S/c1-3-11-4-5-16(12(6-11)7-14)10(2)13-8-17-9-15-13/h8-12H,3-7,14H2,1-2H3. The van der Waals surface area contributed by atoms with Crippen LogP contribution >= 0.6 is 11.3 Å². The molecule has 0 saturated carbocycles. The quantitative estimate of drug-likeness (QED) is 0.897. The lowest BCUT2D eigenvalue weighted by Gasteiger charge is -2.41. The average molecular weight is 253 g/mol. The van der Waals surface area contributed by atoms with Crippen LogP contribution in [0.4, 0.5) is 0 Å². The largest absolute Gasteiger partial charge is 0.329 e. The van der Waals surface area contributed by atoms with Crippen LogP contribution in [0.15, 0.2) is 10.9 Å². The molecule has 4 heteroatoms. The van der Waals surface area contributed by atoms with Gasteiger partial charge in [-0.15, -0.1) is 11.3 Å². The Morgan fingerprint density at radius 2 is 2.47 bits per heavy atom. The first-order valence-electron chi connectivity index (χ1n) is 6.60. The third-order valence-electron chi connectivity index (χ3n) is 4.10. The van der Waals surface area contributed by atoms with E-state index in [-0.39, 0.29) is 0 Å². The summed E-state index contributed by atoms with van der Waals surface area (Å²) in [5, 5.41) is 2.16. The summed E-state index contributed by atoms with van der Waals surface area (Å²) in [5.74, 6) is 0.863. The summed E-state index contributed by atoms with van der Waals surface area (Å²) in [7, 11) is 0. The molecule has 17 heavy (non-hydrogen) atoms. The van der Waals surface area contributed by atoms with E-state index in [9.17, 15) is 0 Å². The highest BCUT2D eigenvalue weighted by atomic mass is 32.1. The number of nitrogens with zero attached hydrogens (tertiary/aromatic N) is 2. The van der Waals surface area contributed by atoms with Gasteiger partial charge in [-0.05, 0) is 32.2 Å². The fraction of sp³-hybridized carbons (Fsp3) is 0.769. The van der Waals surface area contributed by atoms with E-state index < -0.39 is 0 Å². The topological polar surface area (TPSA) is 42.2 Å². The summed E-state index contributed by atoms with van der Waals surface area (Å²) in [6.07, 6.45) is 3.85. The Labute approximate surface area is 108 Å². The number of nitrogens with two attached hydrogens (primary N) is 1. The molecule has 0 aromatic carbocycles. The maximum atomic E-state index is 5.94. The normalized spacial score (nSPS) is 28.2. The number of thiazole rings is 1. The highest BCUT2D eigenvalue weighted by Crippen LogP contribution is 2.31. The lowest BCUT2D eigenvalue weighted by molar-refractivity contribution is 0.0758. The van der Waals surface area contributed by atoms with Gasteiger partial charge in [0, 0.05) is 18.0 Å². The Balaban J connectivity index is 2.04. The zero-order chi connectivity index (χ0) is 12.3. The number of aromatic nitrogens is 1. The van der Waals surface area contributed by atoms with Crippen molar-refractivity contribution < 1.29 is 0 Å². The molecule has 1 aromatic rings. The minimum Gasteiger partial charge on any atom is -0.329 e. The van der Waals surface area contributed by atoms with E-state index in [1.807, 2.05) is 5.51 Å². The van der Waals surface area contributed by atoms with Crippen LogP contribution in [0.25, 0.3) is 0 Å². The number of hydrogen-bond acceptors (Lipinski definition) is 4. The number of rotatable bonds is 4. The van der Waals surface area contributed by atoms with Crippen molar-refractivity contribution >= 4 is 11.3 Å². The van der Waals surface area contributed by atoms with Crippen molar-refractivity contribution in [1.29, 1.82) is 0 Å². The molecular formula is C13H23N3S. The number of hydrogen-bond donors (Lipinski definition) is 1. The SMILES string of the molecule is CCC1CCN(C(C)c2cscn2)C(CN)C1. The van der Waals surface area contributed by atoms with Crippen LogP contribution in [0, 0.1) is 5.92 Å². The predicted molar refractivity (Wildman–Crippen MR) is 73.1 cm³/mol. The molecule has 3 nitrogen and oxygen atoms in total. The van der Waals surface area contributed by atoms with E-state index in [2.05, 4.69) is 29.1 Å². The summed E-state index contributed by atoms with van der Waals surface area (Å²) in [4.78, 5) is 6.98. The van der Waals surface area contributed by atoms with E-state index in [1.54, 1.807) is 11.3 Å². The fourth-order valence-corrected chi connectivity index (χ4v) is 3.50. The smallest absolute Gasteiger partial charge is 0.0795 e. The van der Waals surface area contributed by atoms with E-state index >= 15 is 0 Å². The van der Waals surface area contributed by atoms with Crippen molar-refractivity contribution in [2.75, 3.05) is 13.1 Å². The van der Waals surface area contributed by atoms with Gasteiger partial charge < -0.3 is 5.73 Å². The first-order chi connectivity index (χ1) is 8.26. The zero-order valence-corrected chi connectivity index (χ0v) is 11.6. The van der Waals surface area contributed by atoms with E-state index in [0.717, 1.165) is 12.5 Å². The summed E-state index contributed by atoms with van der Waals surface area (Å²) in [6.45, 7) is 6.48. The molecule has 1 aliphatic rings. The molecule has 0 amide bonds. The summed E-state index contributed by atoms with van der Waals surface area (Å²) >= 11 is 1.68. The third-order valence-corrected chi connectivity index (χ3v) is 4.70.